The summed E-state index contributed by atoms with van der Waals surface area (Å²) in [5, 5.41) is 11.1. The third-order valence-electron chi connectivity index (χ3n) is 4.60. The van der Waals surface area contributed by atoms with Gasteiger partial charge in [-0.25, -0.2) is 8.42 Å². The molecule has 0 atom stereocenters. The molecule has 29 heavy (non-hydrogen) atoms. The molecule has 1 saturated heterocycles. The number of halogens is 1. The van der Waals surface area contributed by atoms with E-state index in [0.29, 0.717) is 16.3 Å². The Balaban J connectivity index is 1.72. The molecule has 0 saturated carbocycles. The molecule has 2 aromatic rings. The third-order valence-corrected chi connectivity index (χ3v) is 6.75. The van der Waals surface area contributed by atoms with Crippen molar-refractivity contribution in [3.8, 4) is 5.75 Å². The van der Waals surface area contributed by atoms with Crippen LogP contribution in [0.25, 0.3) is 0 Å². The first-order chi connectivity index (χ1) is 13.7. The molecule has 2 aromatic carbocycles. The molecule has 9 nitrogen and oxygen atoms in total. The third kappa shape index (κ3) is 4.34. The Morgan fingerprint density at radius 3 is 2.28 bits per heavy atom. The Morgan fingerprint density at radius 2 is 1.72 bits per heavy atom. The van der Waals surface area contributed by atoms with E-state index in [1.165, 1.54) is 34.5 Å². The van der Waals surface area contributed by atoms with E-state index in [1.54, 1.807) is 12.1 Å². The van der Waals surface area contributed by atoms with Crippen LogP contribution in [0, 0.1) is 10.1 Å². The zero-order valence-electron chi connectivity index (χ0n) is 15.4. The van der Waals surface area contributed by atoms with Gasteiger partial charge in [0.15, 0.2) is 0 Å². The zero-order valence-corrected chi connectivity index (χ0v) is 17.0. The first-order valence-electron chi connectivity index (χ1n) is 8.61. The van der Waals surface area contributed by atoms with E-state index < -0.39 is 14.9 Å². The first kappa shape index (κ1) is 21.0. The molecule has 0 unspecified atom stereocenters. The van der Waals surface area contributed by atoms with Crippen LogP contribution in [0.2, 0.25) is 5.02 Å². The van der Waals surface area contributed by atoms with Crippen LogP contribution in [0.5, 0.6) is 5.75 Å². The van der Waals surface area contributed by atoms with Crippen LogP contribution in [-0.2, 0) is 10.0 Å². The number of hydrogen-bond acceptors (Lipinski definition) is 6. The van der Waals surface area contributed by atoms with Gasteiger partial charge in [0.05, 0.1) is 22.5 Å². The lowest BCUT2D eigenvalue weighted by atomic mass is 10.1. The summed E-state index contributed by atoms with van der Waals surface area (Å²) in [6, 6.07) is 9.46. The van der Waals surface area contributed by atoms with Gasteiger partial charge in [0.25, 0.3) is 11.6 Å². The van der Waals surface area contributed by atoms with Crippen LogP contribution in [0.4, 0.5) is 5.69 Å². The van der Waals surface area contributed by atoms with Crippen LogP contribution in [0.1, 0.15) is 10.4 Å². The summed E-state index contributed by atoms with van der Waals surface area (Å²) in [7, 11) is -2.36. The first-order valence-corrected chi connectivity index (χ1v) is 10.4. The van der Waals surface area contributed by atoms with Crippen LogP contribution < -0.4 is 4.74 Å². The van der Waals surface area contributed by atoms with Crippen LogP contribution in [0.3, 0.4) is 0 Å². The summed E-state index contributed by atoms with van der Waals surface area (Å²) in [6.07, 6.45) is 0. The molecule has 1 aliphatic heterocycles. The smallest absolute Gasteiger partial charge is 0.269 e. The molecule has 0 N–H and O–H groups in total. The largest absolute Gasteiger partial charge is 0.496 e. The average molecular weight is 440 g/mol. The molecule has 0 bridgehead atoms. The van der Waals surface area contributed by atoms with Gasteiger partial charge in [-0.1, -0.05) is 11.6 Å². The number of nitro groups is 1. The maximum atomic E-state index is 12.8. The van der Waals surface area contributed by atoms with Gasteiger partial charge in [-0.05, 0) is 30.3 Å². The molecule has 3 rings (SSSR count). The van der Waals surface area contributed by atoms with Crippen molar-refractivity contribution in [3.63, 3.8) is 0 Å². The second-order valence-corrected chi connectivity index (χ2v) is 8.67. The SMILES string of the molecule is COc1ccc(Cl)cc1C(=O)N1CCN(S(=O)(=O)c2ccc([N+](=O)[O-])cc2)CC1. The fourth-order valence-electron chi connectivity index (χ4n) is 3.04. The fourth-order valence-corrected chi connectivity index (χ4v) is 4.63. The molecular formula is C18H18ClN3O6S. The standard InChI is InChI=1S/C18H18ClN3O6S/c1-28-17-7-2-13(19)12-16(17)18(23)20-8-10-21(11-9-20)29(26,27)15-5-3-14(4-6-15)22(24)25/h2-7,12H,8-11H2,1H3. The molecule has 0 aliphatic carbocycles. The van der Waals surface area contributed by atoms with E-state index in [0.717, 1.165) is 12.1 Å². The van der Waals surface area contributed by atoms with Gasteiger partial charge in [-0.2, -0.15) is 4.31 Å². The van der Waals surface area contributed by atoms with Crippen molar-refractivity contribution in [1.82, 2.24) is 9.21 Å². The summed E-state index contributed by atoms with van der Waals surface area (Å²) in [5.74, 6) is 0.0945. The summed E-state index contributed by atoms with van der Waals surface area (Å²) in [6.45, 7) is 0.601. The lowest BCUT2D eigenvalue weighted by Gasteiger charge is -2.34. The predicted molar refractivity (Wildman–Crippen MR) is 106 cm³/mol. The number of rotatable bonds is 5. The lowest BCUT2D eigenvalue weighted by Crippen LogP contribution is -2.50. The van der Waals surface area contributed by atoms with Gasteiger partial charge in [0.2, 0.25) is 10.0 Å². The maximum Gasteiger partial charge on any atom is 0.269 e. The van der Waals surface area contributed by atoms with Gasteiger partial charge < -0.3 is 9.64 Å². The molecule has 0 spiro atoms. The van der Waals surface area contributed by atoms with Gasteiger partial charge in [-0.15, -0.1) is 0 Å². The number of carbonyl (C=O) groups is 1. The fraction of sp³-hybridized carbons (Fsp3) is 0.278. The van der Waals surface area contributed by atoms with Crippen molar-refractivity contribution in [2.24, 2.45) is 0 Å². The molecule has 0 aromatic heterocycles. The molecule has 1 heterocycles. The highest BCUT2D eigenvalue weighted by Crippen LogP contribution is 2.26. The summed E-state index contributed by atoms with van der Waals surface area (Å²) >= 11 is 5.98. The normalized spacial score (nSPS) is 15.2. The summed E-state index contributed by atoms with van der Waals surface area (Å²) in [4.78, 5) is 24.5. The van der Waals surface area contributed by atoms with E-state index in [-0.39, 0.29) is 42.7 Å². The van der Waals surface area contributed by atoms with Crippen molar-refractivity contribution in [2.45, 2.75) is 4.90 Å². The Labute approximate surface area is 172 Å². The van der Waals surface area contributed by atoms with Gasteiger partial charge in [-0.3, -0.25) is 14.9 Å². The molecule has 1 aliphatic rings. The van der Waals surface area contributed by atoms with Gasteiger partial charge in [0, 0.05) is 43.3 Å². The molecule has 11 heteroatoms. The lowest BCUT2D eigenvalue weighted by molar-refractivity contribution is -0.384. The molecule has 1 fully saturated rings. The number of sulfonamides is 1. The number of non-ortho nitro benzene ring substituents is 1. The second-order valence-electron chi connectivity index (χ2n) is 6.29. The maximum absolute atomic E-state index is 12.8. The highest BCUT2D eigenvalue weighted by atomic mass is 35.5. The van der Waals surface area contributed by atoms with Gasteiger partial charge >= 0.3 is 0 Å². The Morgan fingerprint density at radius 1 is 1.10 bits per heavy atom. The zero-order chi connectivity index (χ0) is 21.2. The van der Waals surface area contributed by atoms with E-state index in [4.69, 9.17) is 16.3 Å². The molecule has 0 radical (unpaired) electrons. The Bertz CT molecular complexity index is 1030. The number of amides is 1. The Kier molecular flexibility index (Phi) is 6.06. The monoisotopic (exact) mass is 439 g/mol. The van der Waals surface area contributed by atoms with Gasteiger partial charge in [0.1, 0.15) is 5.75 Å². The van der Waals surface area contributed by atoms with Crippen molar-refractivity contribution in [2.75, 3.05) is 33.3 Å². The number of carbonyl (C=O) groups excluding carboxylic acids is 1. The highest BCUT2D eigenvalue weighted by molar-refractivity contribution is 7.89. The molecule has 1 amide bonds. The number of methoxy groups -OCH3 is 1. The molecular weight excluding hydrogens is 422 g/mol. The van der Waals surface area contributed by atoms with E-state index in [9.17, 15) is 23.3 Å². The van der Waals surface area contributed by atoms with Crippen LogP contribution in [0.15, 0.2) is 47.4 Å². The topological polar surface area (TPSA) is 110 Å². The highest BCUT2D eigenvalue weighted by Gasteiger charge is 2.31. The minimum Gasteiger partial charge on any atom is -0.496 e. The van der Waals surface area contributed by atoms with E-state index in [1.807, 2.05) is 0 Å². The summed E-state index contributed by atoms with van der Waals surface area (Å²) in [5.41, 5.74) is 0.126. The number of hydrogen-bond donors (Lipinski definition) is 0. The Hall–Kier alpha value is -2.69. The number of benzene rings is 2. The second kappa shape index (κ2) is 8.36. The van der Waals surface area contributed by atoms with Crippen molar-refractivity contribution >= 4 is 33.2 Å². The number of nitrogens with zero attached hydrogens (tertiary/aromatic N) is 3. The number of nitro benzene ring substituents is 1. The average Bonchev–Trinajstić information content (AvgIpc) is 2.73. The van der Waals surface area contributed by atoms with Crippen molar-refractivity contribution in [1.29, 1.82) is 0 Å². The van der Waals surface area contributed by atoms with Crippen LogP contribution in [-0.4, -0.2) is 61.7 Å². The minimum absolute atomic E-state index is 0.0283. The van der Waals surface area contributed by atoms with Crippen molar-refractivity contribution < 1.29 is 22.9 Å². The summed E-state index contributed by atoms with van der Waals surface area (Å²) < 4.78 is 32.0. The van der Waals surface area contributed by atoms with E-state index >= 15 is 0 Å². The predicted octanol–water partition coefficient (Wildman–Crippen LogP) is 2.40. The van der Waals surface area contributed by atoms with Crippen LogP contribution >= 0.6 is 11.6 Å². The number of ether oxygens (including phenoxy) is 1. The van der Waals surface area contributed by atoms with E-state index in [2.05, 4.69) is 0 Å². The van der Waals surface area contributed by atoms with Crippen molar-refractivity contribution in [3.05, 3.63) is 63.2 Å². The molecule has 154 valence electrons. The minimum atomic E-state index is -3.81. The number of piperazine rings is 1. The quantitative estimate of drug-likeness (QED) is 0.522.